The summed E-state index contributed by atoms with van der Waals surface area (Å²) in [6, 6.07) is 22.6. The Morgan fingerprint density at radius 2 is 1.43 bits per heavy atom. The van der Waals surface area contributed by atoms with Crippen molar-refractivity contribution in [2.75, 3.05) is 18.5 Å². The number of carboxylic acid groups (broad SMARTS) is 1. The lowest BCUT2D eigenvalue weighted by atomic mass is 9.98. The van der Waals surface area contributed by atoms with E-state index in [2.05, 4.69) is 17.4 Å². The number of aliphatic carboxylic acids is 1. The summed E-state index contributed by atoms with van der Waals surface area (Å²) >= 11 is 0. The molecule has 0 saturated carbocycles. The van der Waals surface area contributed by atoms with Gasteiger partial charge in [-0.15, -0.1) is 0 Å². The number of carbonyl (C=O) groups excluding carboxylic acids is 2. The molecule has 0 unspecified atom stereocenters. The van der Waals surface area contributed by atoms with Gasteiger partial charge in [0.15, 0.2) is 0 Å². The number of nitrogens with one attached hydrogen (secondary N) is 1. The lowest BCUT2D eigenvalue weighted by Gasteiger charge is -2.34. The molecule has 0 radical (unpaired) electrons. The number of amides is 2. The van der Waals surface area contributed by atoms with Crippen LogP contribution in [0.1, 0.15) is 48.2 Å². The maximum atomic E-state index is 13.2. The van der Waals surface area contributed by atoms with Gasteiger partial charge in [0.25, 0.3) is 5.91 Å². The van der Waals surface area contributed by atoms with Gasteiger partial charge < -0.3 is 14.7 Å². The molecule has 4 rings (SSSR count). The Bertz CT molecular complexity index is 1230. The van der Waals surface area contributed by atoms with E-state index in [4.69, 9.17) is 4.74 Å². The van der Waals surface area contributed by atoms with Gasteiger partial charge in [-0.05, 0) is 55.2 Å². The summed E-state index contributed by atoms with van der Waals surface area (Å²) in [5.41, 5.74) is 4.19. The Morgan fingerprint density at radius 1 is 0.886 bits per heavy atom. The van der Waals surface area contributed by atoms with Gasteiger partial charge in [0.2, 0.25) is 0 Å². The molecule has 3 aromatic carbocycles. The molecular weight excluding hydrogens is 444 g/mol. The second-order valence-corrected chi connectivity index (χ2v) is 9.45. The molecule has 0 aliphatic heterocycles. The largest absolute Gasteiger partial charge is 0.480 e. The molecule has 3 aromatic rings. The second kappa shape index (κ2) is 9.62. The van der Waals surface area contributed by atoms with Crippen LogP contribution in [0.3, 0.4) is 0 Å². The molecule has 0 fully saturated rings. The molecule has 0 aromatic heterocycles. The summed E-state index contributed by atoms with van der Waals surface area (Å²) in [5, 5.41) is 12.0. The van der Waals surface area contributed by atoms with Crippen molar-refractivity contribution >= 4 is 23.7 Å². The average molecular weight is 473 g/mol. The van der Waals surface area contributed by atoms with Crippen molar-refractivity contribution in [1.82, 2.24) is 4.90 Å². The number of fused-ring (bicyclic) bond motifs is 3. The van der Waals surface area contributed by atoms with E-state index in [1.165, 1.54) is 4.90 Å². The van der Waals surface area contributed by atoms with Crippen LogP contribution in [-0.2, 0) is 9.53 Å². The van der Waals surface area contributed by atoms with Gasteiger partial charge in [0.1, 0.15) is 13.2 Å². The fourth-order valence-corrected chi connectivity index (χ4v) is 4.42. The zero-order chi connectivity index (χ0) is 25.2. The fraction of sp³-hybridized carbons (Fsp3) is 0.250. The maximum Gasteiger partial charge on any atom is 0.411 e. The first kappa shape index (κ1) is 24.0. The van der Waals surface area contributed by atoms with Crippen molar-refractivity contribution in [2.45, 2.75) is 32.2 Å². The third kappa shape index (κ3) is 5.04. The predicted octanol–water partition coefficient (Wildman–Crippen LogP) is 5.37. The second-order valence-electron chi connectivity index (χ2n) is 9.45. The number of hydrogen-bond donors (Lipinski definition) is 2. The van der Waals surface area contributed by atoms with Crippen molar-refractivity contribution in [1.29, 1.82) is 0 Å². The van der Waals surface area contributed by atoms with Gasteiger partial charge in [-0.3, -0.25) is 14.9 Å². The Balaban J connectivity index is 1.50. The van der Waals surface area contributed by atoms with Crippen LogP contribution < -0.4 is 5.32 Å². The molecule has 1 aliphatic rings. The molecule has 180 valence electrons. The zero-order valence-electron chi connectivity index (χ0n) is 19.9. The number of rotatable bonds is 6. The van der Waals surface area contributed by atoms with Gasteiger partial charge in [-0.2, -0.15) is 0 Å². The SMILES string of the molecule is CC(C)(C)N(CC(=O)O)C(=O)c1ccccc1NC(=O)OCC1c2ccccc2-c2ccccc21. The molecule has 2 amide bonds. The van der Waals surface area contributed by atoms with E-state index in [0.29, 0.717) is 0 Å². The first-order valence-electron chi connectivity index (χ1n) is 11.4. The Labute approximate surface area is 204 Å². The highest BCUT2D eigenvalue weighted by molar-refractivity contribution is 6.03. The summed E-state index contributed by atoms with van der Waals surface area (Å²) in [6.45, 7) is 4.96. The van der Waals surface area contributed by atoms with Crippen LogP contribution in [-0.4, -0.2) is 46.7 Å². The number of anilines is 1. The summed E-state index contributed by atoms with van der Waals surface area (Å²) in [6.07, 6.45) is -0.687. The smallest absolute Gasteiger partial charge is 0.411 e. The molecule has 0 bridgehead atoms. The number of benzene rings is 3. The van der Waals surface area contributed by atoms with E-state index in [9.17, 15) is 19.5 Å². The number of nitrogens with zero attached hydrogens (tertiary/aromatic N) is 1. The molecule has 0 saturated heterocycles. The molecular formula is C28H28N2O5. The van der Waals surface area contributed by atoms with E-state index < -0.39 is 30.1 Å². The van der Waals surface area contributed by atoms with Crippen molar-refractivity contribution in [3.05, 3.63) is 89.5 Å². The van der Waals surface area contributed by atoms with Crippen LogP contribution in [0.5, 0.6) is 0 Å². The van der Waals surface area contributed by atoms with Gasteiger partial charge in [0, 0.05) is 11.5 Å². The highest BCUT2D eigenvalue weighted by Crippen LogP contribution is 2.44. The van der Waals surface area contributed by atoms with Crippen LogP contribution in [0, 0.1) is 0 Å². The highest BCUT2D eigenvalue weighted by atomic mass is 16.5. The third-order valence-corrected chi connectivity index (χ3v) is 6.09. The van der Waals surface area contributed by atoms with E-state index >= 15 is 0 Å². The molecule has 0 spiro atoms. The van der Waals surface area contributed by atoms with E-state index in [1.54, 1.807) is 45.0 Å². The molecule has 1 aliphatic carbocycles. The zero-order valence-corrected chi connectivity index (χ0v) is 19.9. The number of hydrogen-bond acceptors (Lipinski definition) is 4. The molecule has 7 nitrogen and oxygen atoms in total. The maximum absolute atomic E-state index is 13.2. The predicted molar refractivity (Wildman–Crippen MR) is 134 cm³/mol. The molecule has 7 heteroatoms. The Morgan fingerprint density at radius 3 is 2.00 bits per heavy atom. The van der Waals surface area contributed by atoms with Crippen molar-refractivity contribution in [2.24, 2.45) is 0 Å². The summed E-state index contributed by atoms with van der Waals surface area (Å²) in [4.78, 5) is 38.6. The normalized spacial score (nSPS) is 12.4. The summed E-state index contributed by atoms with van der Waals surface area (Å²) in [7, 11) is 0. The first-order valence-corrected chi connectivity index (χ1v) is 11.4. The average Bonchev–Trinajstić information content (AvgIpc) is 3.14. The highest BCUT2D eigenvalue weighted by Gasteiger charge is 2.31. The Hall–Kier alpha value is -4.13. The van der Waals surface area contributed by atoms with E-state index in [1.807, 2.05) is 36.4 Å². The number of para-hydroxylation sites is 1. The molecule has 0 heterocycles. The minimum atomic E-state index is -1.12. The van der Waals surface area contributed by atoms with Gasteiger partial charge in [-0.25, -0.2) is 4.79 Å². The van der Waals surface area contributed by atoms with Crippen LogP contribution in [0.15, 0.2) is 72.8 Å². The minimum Gasteiger partial charge on any atom is -0.480 e. The standard InChI is InChI=1S/C28H28N2O5/c1-28(2,3)30(16-25(31)32)26(33)22-14-8-9-15-24(22)29-27(34)35-17-23-20-12-6-4-10-18(20)19-11-5-7-13-21(19)23/h4-15,23H,16-17H2,1-3H3,(H,29,34)(H,31,32). The van der Waals surface area contributed by atoms with Crippen LogP contribution in [0.2, 0.25) is 0 Å². The van der Waals surface area contributed by atoms with E-state index in [0.717, 1.165) is 22.3 Å². The van der Waals surface area contributed by atoms with Crippen molar-refractivity contribution in [3.8, 4) is 11.1 Å². The van der Waals surface area contributed by atoms with Gasteiger partial charge in [0.05, 0.1) is 11.3 Å². The fourth-order valence-electron chi connectivity index (χ4n) is 4.42. The van der Waals surface area contributed by atoms with Crippen molar-refractivity contribution in [3.63, 3.8) is 0 Å². The third-order valence-electron chi connectivity index (χ3n) is 6.09. The molecule has 2 N–H and O–H groups in total. The van der Waals surface area contributed by atoms with Gasteiger partial charge in [-0.1, -0.05) is 60.7 Å². The summed E-state index contributed by atoms with van der Waals surface area (Å²) < 4.78 is 5.60. The quantitative estimate of drug-likeness (QED) is 0.503. The molecule has 35 heavy (non-hydrogen) atoms. The Kier molecular flexibility index (Phi) is 6.60. The molecule has 0 atom stereocenters. The van der Waals surface area contributed by atoms with Gasteiger partial charge >= 0.3 is 12.1 Å². The lowest BCUT2D eigenvalue weighted by molar-refractivity contribution is -0.138. The van der Waals surface area contributed by atoms with E-state index in [-0.39, 0.29) is 23.8 Å². The number of carboxylic acids is 1. The number of carbonyl (C=O) groups is 3. The van der Waals surface area contributed by atoms with Crippen LogP contribution in [0.4, 0.5) is 10.5 Å². The van der Waals surface area contributed by atoms with Crippen molar-refractivity contribution < 1.29 is 24.2 Å². The summed E-state index contributed by atoms with van der Waals surface area (Å²) in [5.74, 6) is -1.69. The monoisotopic (exact) mass is 472 g/mol. The minimum absolute atomic E-state index is 0.0861. The van der Waals surface area contributed by atoms with Crippen LogP contribution >= 0.6 is 0 Å². The first-order chi connectivity index (χ1) is 16.7. The van der Waals surface area contributed by atoms with Crippen LogP contribution in [0.25, 0.3) is 11.1 Å². The number of ether oxygens (including phenoxy) is 1. The lowest BCUT2D eigenvalue weighted by Crippen LogP contribution is -2.48. The topological polar surface area (TPSA) is 95.9 Å².